The summed E-state index contributed by atoms with van der Waals surface area (Å²) in [6, 6.07) is 23.4. The molecule has 0 saturated carbocycles. The van der Waals surface area contributed by atoms with Gasteiger partial charge >= 0.3 is 0 Å². The van der Waals surface area contributed by atoms with Crippen LogP contribution >= 0.6 is 0 Å². The molecule has 1 N–H and O–H groups in total. The minimum absolute atomic E-state index is 0.150. The maximum atomic E-state index is 6.41. The summed E-state index contributed by atoms with van der Waals surface area (Å²) in [5.74, 6) is 2.34. The number of benzene rings is 3. The first-order valence-corrected chi connectivity index (χ1v) is 16.5. The first kappa shape index (κ1) is 32.5. The van der Waals surface area contributed by atoms with Crippen LogP contribution in [0.4, 0.5) is 11.4 Å². The second-order valence-corrected chi connectivity index (χ2v) is 13.1. The van der Waals surface area contributed by atoms with Crippen LogP contribution in [0.2, 0.25) is 0 Å². The van der Waals surface area contributed by atoms with E-state index in [9.17, 15) is 0 Å². The van der Waals surface area contributed by atoms with E-state index in [4.69, 9.17) is 9.72 Å². The standard InChI is InChI=1S/C39H53N3O/c1-8-11-12-25-42(10-3)28-29(4)13-14-31-27-37-36(26-30(31)9-2)38(23-24-40-37)43-35-21-19-34(20-22-35)41-33-17-15-32(16-18-33)39(5,6)7/h15-24,26-27,29,41H,8-14,25,28H2,1-7H3. The highest BCUT2D eigenvalue weighted by molar-refractivity contribution is 5.86. The Labute approximate surface area is 260 Å². The van der Waals surface area contributed by atoms with Gasteiger partial charge in [-0.2, -0.15) is 0 Å². The Bertz CT molecular complexity index is 1420. The number of fused-ring (bicyclic) bond motifs is 1. The molecule has 4 heteroatoms. The number of hydrogen-bond donors (Lipinski definition) is 1. The number of aryl methyl sites for hydroxylation is 2. The van der Waals surface area contributed by atoms with Gasteiger partial charge in [-0.1, -0.05) is 73.4 Å². The summed E-state index contributed by atoms with van der Waals surface area (Å²) in [4.78, 5) is 7.36. The molecule has 1 aromatic heterocycles. The zero-order chi connectivity index (χ0) is 30.8. The topological polar surface area (TPSA) is 37.4 Å². The molecule has 0 spiro atoms. The molecule has 1 unspecified atom stereocenters. The zero-order valence-electron chi connectivity index (χ0n) is 27.7. The Morgan fingerprint density at radius 2 is 1.56 bits per heavy atom. The Morgan fingerprint density at radius 1 is 0.860 bits per heavy atom. The maximum absolute atomic E-state index is 6.41. The number of unbranched alkanes of at least 4 members (excludes halogenated alkanes) is 2. The smallest absolute Gasteiger partial charge is 0.138 e. The van der Waals surface area contributed by atoms with Gasteiger partial charge in [0.25, 0.3) is 0 Å². The van der Waals surface area contributed by atoms with Crippen LogP contribution in [0, 0.1) is 5.92 Å². The summed E-state index contributed by atoms with van der Waals surface area (Å²) in [6.07, 6.45) is 9.08. The van der Waals surface area contributed by atoms with E-state index in [0.717, 1.165) is 53.2 Å². The molecular weight excluding hydrogens is 526 g/mol. The average Bonchev–Trinajstić information content (AvgIpc) is 3.00. The summed E-state index contributed by atoms with van der Waals surface area (Å²) in [5, 5.41) is 4.58. The molecule has 1 atom stereocenters. The van der Waals surface area contributed by atoms with Crippen LogP contribution in [-0.2, 0) is 18.3 Å². The van der Waals surface area contributed by atoms with Crippen molar-refractivity contribution in [1.29, 1.82) is 0 Å². The molecule has 4 nitrogen and oxygen atoms in total. The quantitative estimate of drug-likeness (QED) is 0.142. The molecule has 0 aliphatic carbocycles. The third-order valence-electron chi connectivity index (χ3n) is 8.53. The van der Waals surface area contributed by atoms with Gasteiger partial charge < -0.3 is 15.0 Å². The van der Waals surface area contributed by atoms with Crippen LogP contribution in [0.25, 0.3) is 10.9 Å². The van der Waals surface area contributed by atoms with E-state index in [1.807, 2.05) is 24.4 Å². The van der Waals surface area contributed by atoms with E-state index < -0.39 is 0 Å². The van der Waals surface area contributed by atoms with Gasteiger partial charge in [0.05, 0.1) is 5.52 Å². The SMILES string of the molecule is CCCCCN(CC)CC(C)CCc1cc2nccc(Oc3ccc(Nc4ccc(C(C)(C)C)cc4)cc3)c2cc1CC. The van der Waals surface area contributed by atoms with Gasteiger partial charge in [-0.25, -0.2) is 0 Å². The fourth-order valence-electron chi connectivity index (χ4n) is 5.76. The van der Waals surface area contributed by atoms with E-state index in [1.165, 1.54) is 55.5 Å². The Kier molecular flexibility index (Phi) is 11.6. The highest BCUT2D eigenvalue weighted by atomic mass is 16.5. The Balaban J connectivity index is 1.41. The summed E-state index contributed by atoms with van der Waals surface area (Å²) in [7, 11) is 0. The third kappa shape index (κ3) is 9.31. The monoisotopic (exact) mass is 579 g/mol. The molecular formula is C39H53N3O. The molecule has 230 valence electrons. The van der Waals surface area contributed by atoms with Crippen molar-refractivity contribution in [2.45, 2.75) is 92.4 Å². The molecule has 0 fully saturated rings. The molecule has 0 amide bonds. The van der Waals surface area contributed by atoms with Gasteiger partial charge in [0.2, 0.25) is 0 Å². The maximum Gasteiger partial charge on any atom is 0.138 e. The molecule has 43 heavy (non-hydrogen) atoms. The summed E-state index contributed by atoms with van der Waals surface area (Å²) in [6.45, 7) is 19.5. The van der Waals surface area contributed by atoms with Crippen molar-refractivity contribution in [3.8, 4) is 11.5 Å². The predicted molar refractivity (Wildman–Crippen MR) is 185 cm³/mol. The van der Waals surface area contributed by atoms with Crippen molar-refractivity contribution in [1.82, 2.24) is 9.88 Å². The van der Waals surface area contributed by atoms with Crippen molar-refractivity contribution in [2.24, 2.45) is 5.92 Å². The van der Waals surface area contributed by atoms with Gasteiger partial charge in [-0.15, -0.1) is 0 Å². The summed E-state index contributed by atoms with van der Waals surface area (Å²) >= 11 is 0. The molecule has 0 bridgehead atoms. The Hall–Kier alpha value is -3.37. The van der Waals surface area contributed by atoms with Crippen molar-refractivity contribution in [3.05, 3.63) is 89.6 Å². The van der Waals surface area contributed by atoms with Crippen LogP contribution in [0.5, 0.6) is 11.5 Å². The molecule has 1 heterocycles. The number of ether oxygens (including phenoxy) is 1. The Morgan fingerprint density at radius 3 is 2.19 bits per heavy atom. The summed E-state index contributed by atoms with van der Waals surface area (Å²) < 4.78 is 6.41. The van der Waals surface area contributed by atoms with Crippen LogP contribution in [0.3, 0.4) is 0 Å². The normalized spacial score (nSPS) is 12.6. The highest BCUT2D eigenvalue weighted by Gasteiger charge is 2.14. The van der Waals surface area contributed by atoms with Crippen LogP contribution in [0.15, 0.2) is 72.9 Å². The average molecular weight is 580 g/mol. The molecule has 3 aromatic carbocycles. The molecule has 0 aliphatic heterocycles. The lowest BCUT2D eigenvalue weighted by Crippen LogP contribution is -2.29. The lowest BCUT2D eigenvalue weighted by molar-refractivity contribution is 0.238. The van der Waals surface area contributed by atoms with Gasteiger partial charge in [-0.05, 0) is 121 Å². The van der Waals surface area contributed by atoms with Gasteiger partial charge in [-0.3, -0.25) is 4.98 Å². The minimum atomic E-state index is 0.150. The van der Waals surface area contributed by atoms with E-state index in [2.05, 4.69) is 107 Å². The van der Waals surface area contributed by atoms with E-state index in [-0.39, 0.29) is 5.41 Å². The van der Waals surface area contributed by atoms with Crippen molar-refractivity contribution in [2.75, 3.05) is 25.0 Å². The van der Waals surface area contributed by atoms with Crippen molar-refractivity contribution >= 4 is 22.3 Å². The number of anilines is 2. The highest BCUT2D eigenvalue weighted by Crippen LogP contribution is 2.33. The number of nitrogens with zero attached hydrogens (tertiary/aromatic N) is 2. The summed E-state index contributed by atoms with van der Waals surface area (Å²) in [5.41, 5.74) is 7.41. The van der Waals surface area contributed by atoms with Crippen LogP contribution in [-0.4, -0.2) is 29.5 Å². The number of pyridine rings is 1. The lowest BCUT2D eigenvalue weighted by atomic mass is 9.87. The fourth-order valence-corrected chi connectivity index (χ4v) is 5.76. The number of rotatable bonds is 15. The van der Waals surface area contributed by atoms with Crippen LogP contribution < -0.4 is 10.1 Å². The van der Waals surface area contributed by atoms with Crippen molar-refractivity contribution < 1.29 is 4.74 Å². The zero-order valence-corrected chi connectivity index (χ0v) is 27.7. The first-order valence-electron chi connectivity index (χ1n) is 16.5. The fraction of sp³-hybridized carbons (Fsp3) is 0.462. The largest absolute Gasteiger partial charge is 0.457 e. The van der Waals surface area contributed by atoms with E-state index in [1.54, 1.807) is 0 Å². The third-order valence-corrected chi connectivity index (χ3v) is 8.53. The molecule has 0 radical (unpaired) electrons. The lowest BCUT2D eigenvalue weighted by Gasteiger charge is -2.24. The van der Waals surface area contributed by atoms with Crippen LogP contribution in [0.1, 0.15) is 90.8 Å². The van der Waals surface area contributed by atoms with Crippen molar-refractivity contribution in [3.63, 3.8) is 0 Å². The second-order valence-electron chi connectivity index (χ2n) is 13.1. The van der Waals surface area contributed by atoms with Gasteiger partial charge in [0.1, 0.15) is 11.5 Å². The molecule has 0 aliphatic rings. The number of hydrogen-bond acceptors (Lipinski definition) is 4. The molecule has 4 rings (SSSR count). The minimum Gasteiger partial charge on any atom is -0.457 e. The molecule has 0 saturated heterocycles. The van der Waals surface area contributed by atoms with E-state index >= 15 is 0 Å². The number of nitrogens with one attached hydrogen (secondary N) is 1. The predicted octanol–water partition coefficient (Wildman–Crippen LogP) is 10.7. The van der Waals surface area contributed by atoms with Gasteiger partial charge in [0.15, 0.2) is 0 Å². The van der Waals surface area contributed by atoms with Gasteiger partial charge in [0, 0.05) is 29.5 Å². The first-order chi connectivity index (χ1) is 20.7. The van der Waals surface area contributed by atoms with E-state index in [0.29, 0.717) is 5.92 Å². The number of aromatic nitrogens is 1. The second kappa shape index (κ2) is 15.4. The molecule has 4 aromatic rings.